The summed E-state index contributed by atoms with van der Waals surface area (Å²) in [5, 5.41) is 3.49. The summed E-state index contributed by atoms with van der Waals surface area (Å²) >= 11 is 5.69. The molecule has 0 saturated carbocycles. The molecule has 5 heteroatoms. The summed E-state index contributed by atoms with van der Waals surface area (Å²) in [6, 6.07) is 3.81. The molecule has 2 heterocycles. The van der Waals surface area contributed by atoms with Crippen LogP contribution in [-0.4, -0.2) is 16.5 Å². The molecule has 0 amide bonds. The van der Waals surface area contributed by atoms with E-state index in [2.05, 4.69) is 15.3 Å². The molecule has 0 radical (unpaired) electrons. The molecule has 0 unspecified atom stereocenters. The van der Waals surface area contributed by atoms with Crippen LogP contribution in [0.4, 0.5) is 5.82 Å². The van der Waals surface area contributed by atoms with Gasteiger partial charge in [0.25, 0.3) is 0 Å². The van der Waals surface area contributed by atoms with E-state index in [4.69, 9.17) is 16.0 Å². The van der Waals surface area contributed by atoms with Crippen LogP contribution < -0.4 is 5.32 Å². The maximum absolute atomic E-state index is 5.69. The van der Waals surface area contributed by atoms with Gasteiger partial charge in [0, 0.05) is 13.0 Å². The SMILES string of the molecule is Clc1cncc(NCCc2ccco2)n1. The summed E-state index contributed by atoms with van der Waals surface area (Å²) in [6.07, 6.45) is 5.60. The van der Waals surface area contributed by atoms with Crippen LogP contribution in [0.2, 0.25) is 5.15 Å². The Labute approximate surface area is 92.3 Å². The maximum atomic E-state index is 5.69. The van der Waals surface area contributed by atoms with E-state index < -0.39 is 0 Å². The average molecular weight is 224 g/mol. The topological polar surface area (TPSA) is 51.0 Å². The van der Waals surface area contributed by atoms with Crippen molar-refractivity contribution in [3.8, 4) is 0 Å². The van der Waals surface area contributed by atoms with Gasteiger partial charge in [-0.1, -0.05) is 11.6 Å². The van der Waals surface area contributed by atoms with Crippen LogP contribution in [0.5, 0.6) is 0 Å². The summed E-state index contributed by atoms with van der Waals surface area (Å²) in [7, 11) is 0. The van der Waals surface area contributed by atoms with E-state index in [9.17, 15) is 0 Å². The van der Waals surface area contributed by atoms with Crippen molar-refractivity contribution in [3.05, 3.63) is 41.7 Å². The number of halogens is 1. The van der Waals surface area contributed by atoms with Crippen molar-refractivity contribution in [2.75, 3.05) is 11.9 Å². The lowest BCUT2D eigenvalue weighted by Gasteiger charge is -2.03. The highest BCUT2D eigenvalue weighted by Crippen LogP contribution is 2.07. The molecule has 1 N–H and O–H groups in total. The molecule has 0 aliphatic rings. The molecule has 15 heavy (non-hydrogen) atoms. The minimum absolute atomic E-state index is 0.387. The van der Waals surface area contributed by atoms with Gasteiger partial charge in [-0.25, -0.2) is 4.98 Å². The first-order valence-electron chi connectivity index (χ1n) is 4.58. The number of nitrogens with zero attached hydrogens (tertiary/aromatic N) is 2. The van der Waals surface area contributed by atoms with Crippen LogP contribution in [0.3, 0.4) is 0 Å². The number of anilines is 1. The van der Waals surface area contributed by atoms with E-state index in [-0.39, 0.29) is 0 Å². The highest BCUT2D eigenvalue weighted by Gasteiger charge is 1.97. The molecule has 78 valence electrons. The number of nitrogens with one attached hydrogen (secondary N) is 1. The predicted octanol–water partition coefficient (Wildman–Crippen LogP) is 2.38. The molecule has 2 aromatic heterocycles. The fraction of sp³-hybridized carbons (Fsp3) is 0.200. The number of hydrogen-bond donors (Lipinski definition) is 1. The quantitative estimate of drug-likeness (QED) is 0.865. The second-order valence-electron chi connectivity index (χ2n) is 2.98. The molecule has 0 aromatic carbocycles. The molecule has 0 atom stereocenters. The molecule has 2 aromatic rings. The van der Waals surface area contributed by atoms with Crippen molar-refractivity contribution < 1.29 is 4.42 Å². The smallest absolute Gasteiger partial charge is 0.149 e. The molecule has 4 nitrogen and oxygen atoms in total. The Morgan fingerprint density at radius 1 is 1.40 bits per heavy atom. The zero-order chi connectivity index (χ0) is 10.5. The number of furan rings is 1. The molecular weight excluding hydrogens is 214 g/mol. The van der Waals surface area contributed by atoms with E-state index in [1.165, 1.54) is 6.20 Å². The van der Waals surface area contributed by atoms with Crippen molar-refractivity contribution in [2.45, 2.75) is 6.42 Å². The van der Waals surface area contributed by atoms with Gasteiger partial charge in [0.1, 0.15) is 16.7 Å². The highest BCUT2D eigenvalue weighted by molar-refractivity contribution is 6.29. The van der Waals surface area contributed by atoms with Crippen molar-refractivity contribution in [2.24, 2.45) is 0 Å². The molecule has 2 rings (SSSR count). The molecule has 0 aliphatic carbocycles. The highest BCUT2D eigenvalue weighted by atomic mass is 35.5. The summed E-state index contributed by atoms with van der Waals surface area (Å²) in [6.45, 7) is 0.739. The average Bonchev–Trinajstić information content (AvgIpc) is 2.71. The molecule has 0 saturated heterocycles. The van der Waals surface area contributed by atoms with E-state index >= 15 is 0 Å². The first kappa shape index (κ1) is 9.98. The zero-order valence-electron chi connectivity index (χ0n) is 7.98. The van der Waals surface area contributed by atoms with Gasteiger partial charge < -0.3 is 9.73 Å². The monoisotopic (exact) mass is 223 g/mol. The Balaban J connectivity index is 1.83. The minimum atomic E-state index is 0.387. The molecule has 0 bridgehead atoms. The third kappa shape index (κ3) is 2.95. The Hall–Kier alpha value is -1.55. The largest absolute Gasteiger partial charge is 0.469 e. The van der Waals surface area contributed by atoms with Crippen molar-refractivity contribution >= 4 is 17.4 Å². The second kappa shape index (κ2) is 4.79. The summed E-state index contributed by atoms with van der Waals surface area (Å²) in [4.78, 5) is 7.97. The first-order chi connectivity index (χ1) is 7.34. The lowest BCUT2D eigenvalue weighted by Crippen LogP contribution is -2.06. The van der Waals surface area contributed by atoms with Gasteiger partial charge in [-0.2, -0.15) is 0 Å². The van der Waals surface area contributed by atoms with Crippen LogP contribution in [0.25, 0.3) is 0 Å². The molecule has 0 spiro atoms. The Morgan fingerprint density at radius 3 is 3.07 bits per heavy atom. The lowest BCUT2D eigenvalue weighted by molar-refractivity contribution is 0.513. The van der Waals surface area contributed by atoms with Gasteiger partial charge >= 0.3 is 0 Å². The maximum Gasteiger partial charge on any atom is 0.149 e. The second-order valence-corrected chi connectivity index (χ2v) is 3.37. The zero-order valence-corrected chi connectivity index (χ0v) is 8.74. The molecule has 0 fully saturated rings. The van der Waals surface area contributed by atoms with E-state index in [1.807, 2.05) is 12.1 Å². The Bertz CT molecular complexity index is 416. The minimum Gasteiger partial charge on any atom is -0.469 e. The van der Waals surface area contributed by atoms with Crippen LogP contribution in [0, 0.1) is 0 Å². The van der Waals surface area contributed by atoms with Gasteiger partial charge in [0.2, 0.25) is 0 Å². The summed E-state index contributed by atoms with van der Waals surface area (Å²) < 4.78 is 5.19. The van der Waals surface area contributed by atoms with Crippen LogP contribution in [0.15, 0.2) is 35.2 Å². The normalized spacial score (nSPS) is 10.2. The Kier molecular flexibility index (Phi) is 3.19. The fourth-order valence-corrected chi connectivity index (χ4v) is 1.34. The van der Waals surface area contributed by atoms with Crippen molar-refractivity contribution in [1.82, 2.24) is 9.97 Å². The number of hydrogen-bond acceptors (Lipinski definition) is 4. The van der Waals surface area contributed by atoms with Gasteiger partial charge in [0.05, 0.1) is 18.7 Å². The lowest BCUT2D eigenvalue weighted by atomic mass is 10.3. The number of rotatable bonds is 4. The summed E-state index contributed by atoms with van der Waals surface area (Å²) in [5.41, 5.74) is 0. The Morgan fingerprint density at radius 2 is 2.33 bits per heavy atom. The van der Waals surface area contributed by atoms with Crippen molar-refractivity contribution in [3.63, 3.8) is 0 Å². The fourth-order valence-electron chi connectivity index (χ4n) is 1.20. The van der Waals surface area contributed by atoms with Gasteiger partial charge in [0.15, 0.2) is 0 Å². The van der Waals surface area contributed by atoms with Gasteiger partial charge in [-0.15, -0.1) is 0 Å². The van der Waals surface area contributed by atoms with E-state index in [1.54, 1.807) is 12.5 Å². The van der Waals surface area contributed by atoms with Crippen LogP contribution in [0.1, 0.15) is 5.76 Å². The van der Waals surface area contributed by atoms with Crippen LogP contribution in [-0.2, 0) is 6.42 Å². The summed E-state index contributed by atoms with van der Waals surface area (Å²) in [5.74, 6) is 1.62. The van der Waals surface area contributed by atoms with Gasteiger partial charge in [-0.05, 0) is 12.1 Å². The van der Waals surface area contributed by atoms with Crippen molar-refractivity contribution in [1.29, 1.82) is 0 Å². The third-order valence-corrected chi connectivity index (χ3v) is 2.04. The van der Waals surface area contributed by atoms with E-state index in [0.29, 0.717) is 11.0 Å². The van der Waals surface area contributed by atoms with Crippen LogP contribution >= 0.6 is 11.6 Å². The molecule has 0 aliphatic heterocycles. The third-order valence-electron chi connectivity index (χ3n) is 1.86. The standard InChI is InChI=1S/C10H10ClN3O/c11-9-6-12-7-10(14-9)13-4-3-8-2-1-5-15-8/h1-2,5-7H,3-4H2,(H,13,14). The molecular formula is C10H10ClN3O. The first-order valence-corrected chi connectivity index (χ1v) is 4.96. The van der Waals surface area contributed by atoms with Gasteiger partial charge in [-0.3, -0.25) is 4.98 Å². The van der Waals surface area contributed by atoms with E-state index in [0.717, 1.165) is 18.7 Å². The number of aromatic nitrogens is 2. The predicted molar refractivity (Wildman–Crippen MR) is 57.9 cm³/mol.